The van der Waals surface area contributed by atoms with Crippen LogP contribution in [0.25, 0.3) is 11.1 Å². The molecule has 3 aromatic rings. The largest absolute Gasteiger partial charge is 0.268 e. The molecule has 1 heterocycles. The molecule has 0 atom stereocenters. The van der Waals surface area contributed by atoms with Crippen LogP contribution in [0.5, 0.6) is 0 Å². The molecule has 0 spiro atoms. The van der Waals surface area contributed by atoms with E-state index in [1.54, 1.807) is 24.4 Å². The molecule has 0 unspecified atom stereocenters. The standard InChI is InChI=1S/C17H13FN2O/c18-16-8-4-5-13(9-16)12-20-17(21)10-15(11-19-20)14-6-2-1-3-7-14/h1-11H,12H2. The lowest BCUT2D eigenvalue weighted by Gasteiger charge is -2.06. The van der Waals surface area contributed by atoms with Gasteiger partial charge in [-0.15, -0.1) is 0 Å². The fourth-order valence-corrected chi connectivity index (χ4v) is 2.15. The molecule has 0 saturated carbocycles. The van der Waals surface area contributed by atoms with Gasteiger partial charge in [-0.2, -0.15) is 5.10 Å². The molecule has 0 radical (unpaired) electrons. The van der Waals surface area contributed by atoms with Crippen molar-refractivity contribution in [3.8, 4) is 11.1 Å². The Bertz CT molecular complexity index is 812. The van der Waals surface area contributed by atoms with Crippen LogP contribution in [0.4, 0.5) is 4.39 Å². The van der Waals surface area contributed by atoms with Gasteiger partial charge in [0.2, 0.25) is 0 Å². The van der Waals surface area contributed by atoms with Crippen molar-refractivity contribution >= 4 is 0 Å². The molecule has 104 valence electrons. The van der Waals surface area contributed by atoms with Crippen LogP contribution in [0, 0.1) is 5.82 Å². The van der Waals surface area contributed by atoms with E-state index in [0.717, 1.165) is 11.1 Å². The molecule has 4 heteroatoms. The average Bonchev–Trinajstić information content (AvgIpc) is 2.50. The van der Waals surface area contributed by atoms with Crippen LogP contribution in [0.15, 0.2) is 71.7 Å². The van der Waals surface area contributed by atoms with Crippen LogP contribution < -0.4 is 5.56 Å². The molecule has 0 bridgehead atoms. The minimum absolute atomic E-state index is 0.208. The molecule has 0 amide bonds. The molecule has 2 aromatic carbocycles. The first-order valence-electron chi connectivity index (χ1n) is 6.59. The minimum atomic E-state index is -0.318. The molecule has 0 aliphatic heterocycles. The summed E-state index contributed by atoms with van der Waals surface area (Å²) in [4.78, 5) is 12.1. The zero-order chi connectivity index (χ0) is 14.7. The van der Waals surface area contributed by atoms with Crippen LogP contribution in [-0.4, -0.2) is 9.78 Å². The van der Waals surface area contributed by atoms with Gasteiger partial charge in [0.05, 0.1) is 12.7 Å². The minimum Gasteiger partial charge on any atom is -0.268 e. The molecule has 0 aliphatic carbocycles. The third kappa shape index (κ3) is 3.05. The summed E-state index contributed by atoms with van der Waals surface area (Å²) in [6.07, 6.45) is 1.65. The van der Waals surface area contributed by atoms with Crippen LogP contribution in [0.1, 0.15) is 5.56 Å². The molecule has 21 heavy (non-hydrogen) atoms. The van der Waals surface area contributed by atoms with Crippen molar-refractivity contribution in [2.24, 2.45) is 0 Å². The second-order valence-electron chi connectivity index (χ2n) is 4.74. The Morgan fingerprint density at radius 1 is 0.952 bits per heavy atom. The molecular formula is C17H13FN2O. The lowest BCUT2D eigenvalue weighted by atomic mass is 10.1. The summed E-state index contributed by atoms with van der Waals surface area (Å²) in [6, 6.07) is 17.3. The van der Waals surface area contributed by atoms with Gasteiger partial charge in [0.25, 0.3) is 5.56 Å². The summed E-state index contributed by atoms with van der Waals surface area (Å²) in [7, 11) is 0. The average molecular weight is 280 g/mol. The predicted octanol–water partition coefficient (Wildman–Crippen LogP) is 3.10. The zero-order valence-electron chi connectivity index (χ0n) is 11.2. The topological polar surface area (TPSA) is 34.9 Å². The summed E-state index contributed by atoms with van der Waals surface area (Å²) in [5.41, 5.74) is 2.22. The van der Waals surface area contributed by atoms with Crippen LogP contribution in [0.3, 0.4) is 0 Å². The molecule has 0 fully saturated rings. The van der Waals surface area contributed by atoms with E-state index in [1.807, 2.05) is 30.3 Å². The van der Waals surface area contributed by atoms with Crippen molar-refractivity contribution < 1.29 is 4.39 Å². The maximum atomic E-state index is 13.1. The molecular weight excluding hydrogens is 267 g/mol. The highest BCUT2D eigenvalue weighted by Crippen LogP contribution is 2.15. The van der Waals surface area contributed by atoms with Gasteiger partial charge in [0, 0.05) is 11.6 Å². The van der Waals surface area contributed by atoms with E-state index < -0.39 is 0 Å². The lowest BCUT2D eigenvalue weighted by molar-refractivity contribution is 0.611. The quantitative estimate of drug-likeness (QED) is 0.739. The Kier molecular flexibility index (Phi) is 3.60. The zero-order valence-corrected chi connectivity index (χ0v) is 11.2. The lowest BCUT2D eigenvalue weighted by Crippen LogP contribution is -2.22. The van der Waals surface area contributed by atoms with E-state index in [9.17, 15) is 9.18 Å². The Balaban J connectivity index is 1.90. The van der Waals surface area contributed by atoms with E-state index in [2.05, 4.69) is 5.10 Å². The first-order valence-corrected chi connectivity index (χ1v) is 6.59. The predicted molar refractivity (Wildman–Crippen MR) is 79.4 cm³/mol. The van der Waals surface area contributed by atoms with Crippen molar-refractivity contribution in [2.45, 2.75) is 6.54 Å². The van der Waals surface area contributed by atoms with E-state index in [1.165, 1.54) is 16.8 Å². The molecule has 0 saturated heterocycles. The number of rotatable bonds is 3. The summed E-state index contributed by atoms with van der Waals surface area (Å²) in [5, 5.41) is 4.16. The van der Waals surface area contributed by atoms with Gasteiger partial charge >= 0.3 is 0 Å². The molecule has 3 rings (SSSR count). The van der Waals surface area contributed by atoms with Crippen LogP contribution in [0.2, 0.25) is 0 Å². The van der Waals surface area contributed by atoms with Crippen LogP contribution >= 0.6 is 0 Å². The maximum absolute atomic E-state index is 13.1. The number of hydrogen-bond donors (Lipinski definition) is 0. The number of benzene rings is 2. The van der Waals surface area contributed by atoms with E-state index in [-0.39, 0.29) is 17.9 Å². The highest BCUT2D eigenvalue weighted by molar-refractivity contribution is 5.61. The SMILES string of the molecule is O=c1cc(-c2ccccc2)cnn1Cc1cccc(F)c1. The van der Waals surface area contributed by atoms with Crippen molar-refractivity contribution in [3.05, 3.63) is 88.6 Å². The highest BCUT2D eigenvalue weighted by Gasteiger charge is 2.04. The van der Waals surface area contributed by atoms with Crippen molar-refractivity contribution in [2.75, 3.05) is 0 Å². The van der Waals surface area contributed by atoms with Gasteiger partial charge < -0.3 is 0 Å². The molecule has 0 aliphatic rings. The van der Waals surface area contributed by atoms with Gasteiger partial charge in [-0.05, 0) is 23.3 Å². The number of nitrogens with zero attached hydrogens (tertiary/aromatic N) is 2. The summed E-state index contributed by atoms with van der Waals surface area (Å²) in [6.45, 7) is 0.256. The number of hydrogen-bond acceptors (Lipinski definition) is 2. The van der Waals surface area contributed by atoms with E-state index >= 15 is 0 Å². The third-order valence-electron chi connectivity index (χ3n) is 3.20. The summed E-state index contributed by atoms with van der Waals surface area (Å²) >= 11 is 0. The monoisotopic (exact) mass is 280 g/mol. The van der Waals surface area contributed by atoms with Gasteiger partial charge in [-0.1, -0.05) is 42.5 Å². The Hall–Kier alpha value is -2.75. The molecule has 1 aromatic heterocycles. The fraction of sp³-hybridized carbons (Fsp3) is 0.0588. The van der Waals surface area contributed by atoms with Gasteiger partial charge in [0.15, 0.2) is 0 Å². The van der Waals surface area contributed by atoms with Crippen molar-refractivity contribution in [1.29, 1.82) is 0 Å². The first kappa shape index (κ1) is 13.2. The van der Waals surface area contributed by atoms with Gasteiger partial charge in [-0.25, -0.2) is 9.07 Å². The normalized spacial score (nSPS) is 10.5. The summed E-state index contributed by atoms with van der Waals surface area (Å²) in [5.74, 6) is -0.318. The maximum Gasteiger partial charge on any atom is 0.267 e. The Morgan fingerprint density at radius 2 is 1.76 bits per heavy atom. The van der Waals surface area contributed by atoms with Crippen LogP contribution in [-0.2, 0) is 6.54 Å². The number of halogens is 1. The smallest absolute Gasteiger partial charge is 0.267 e. The van der Waals surface area contributed by atoms with E-state index in [0.29, 0.717) is 5.56 Å². The molecule has 3 nitrogen and oxygen atoms in total. The Labute approximate surface area is 121 Å². The third-order valence-corrected chi connectivity index (χ3v) is 3.20. The van der Waals surface area contributed by atoms with Crippen molar-refractivity contribution in [3.63, 3.8) is 0 Å². The fourth-order valence-electron chi connectivity index (χ4n) is 2.15. The van der Waals surface area contributed by atoms with Gasteiger partial charge in [-0.3, -0.25) is 4.79 Å². The molecule has 0 N–H and O–H groups in total. The highest BCUT2D eigenvalue weighted by atomic mass is 19.1. The second kappa shape index (κ2) is 5.71. The summed E-state index contributed by atoms with van der Waals surface area (Å²) < 4.78 is 14.5. The Morgan fingerprint density at radius 3 is 2.48 bits per heavy atom. The second-order valence-corrected chi connectivity index (χ2v) is 4.74. The number of aromatic nitrogens is 2. The van der Waals surface area contributed by atoms with E-state index in [4.69, 9.17) is 0 Å². The first-order chi connectivity index (χ1) is 10.2. The van der Waals surface area contributed by atoms with Gasteiger partial charge in [0.1, 0.15) is 5.82 Å². The van der Waals surface area contributed by atoms with Crippen molar-refractivity contribution in [1.82, 2.24) is 9.78 Å².